The van der Waals surface area contributed by atoms with Crippen molar-refractivity contribution in [3.8, 4) is 11.3 Å². The lowest BCUT2D eigenvalue weighted by Gasteiger charge is -2.32. The number of nitrogens with zero attached hydrogens (tertiary/aromatic N) is 3. The van der Waals surface area contributed by atoms with Crippen molar-refractivity contribution in [2.24, 2.45) is 5.92 Å². The fourth-order valence-corrected chi connectivity index (χ4v) is 4.15. The predicted molar refractivity (Wildman–Crippen MR) is 123 cm³/mol. The Balaban J connectivity index is 1.56. The molecule has 1 aromatic heterocycles. The zero-order valence-corrected chi connectivity index (χ0v) is 18.9. The molecule has 2 aliphatic rings. The van der Waals surface area contributed by atoms with Gasteiger partial charge in [-0.05, 0) is 54.7 Å². The minimum absolute atomic E-state index is 0.105. The van der Waals surface area contributed by atoms with E-state index in [1.807, 2.05) is 42.6 Å². The van der Waals surface area contributed by atoms with Gasteiger partial charge in [-0.3, -0.25) is 0 Å². The molecule has 0 spiro atoms. The highest BCUT2D eigenvalue weighted by atomic mass is 19.4. The summed E-state index contributed by atoms with van der Waals surface area (Å²) in [5.74, 6) is 0.454. The summed E-state index contributed by atoms with van der Waals surface area (Å²) in [6.45, 7) is 0.833. The molecule has 3 aromatic rings. The van der Waals surface area contributed by atoms with Crippen LogP contribution in [0.4, 0.5) is 26.3 Å². The van der Waals surface area contributed by atoms with Gasteiger partial charge in [-0.1, -0.05) is 42.5 Å². The van der Waals surface area contributed by atoms with Crippen molar-refractivity contribution >= 4 is 5.57 Å². The van der Waals surface area contributed by atoms with Crippen LogP contribution in [0.15, 0.2) is 79.0 Å². The van der Waals surface area contributed by atoms with Crippen molar-refractivity contribution in [2.75, 3.05) is 6.54 Å². The molecule has 1 atom stereocenters. The highest BCUT2D eigenvalue weighted by molar-refractivity contribution is 5.73. The molecule has 2 heterocycles. The van der Waals surface area contributed by atoms with E-state index in [0.717, 1.165) is 55.3 Å². The first-order valence-electron chi connectivity index (χ1n) is 11.4. The van der Waals surface area contributed by atoms with Gasteiger partial charge in [-0.2, -0.15) is 26.3 Å². The second kappa shape index (κ2) is 9.11. The maximum absolute atomic E-state index is 13.7. The largest absolute Gasteiger partial charge is 0.433 e. The highest BCUT2D eigenvalue weighted by Crippen LogP contribution is 2.38. The first-order valence-corrected chi connectivity index (χ1v) is 11.4. The molecule has 0 N–H and O–H groups in total. The van der Waals surface area contributed by atoms with E-state index < -0.39 is 23.6 Å². The molecule has 1 fully saturated rings. The standard InChI is InChI=1S/C27H21F6N3/c28-26(29,30)21-10-8-18(9-11-21)22-15-24(27(31,32)33)35-25(34-22)20-12-13-36(16-17-6-7-17)23(14-20)19-4-2-1-3-5-19/h1-5,8-15,17,23H,6-7,16H2. The van der Waals surface area contributed by atoms with Gasteiger partial charge >= 0.3 is 12.4 Å². The summed E-state index contributed by atoms with van der Waals surface area (Å²) < 4.78 is 80.0. The van der Waals surface area contributed by atoms with E-state index in [0.29, 0.717) is 11.5 Å². The summed E-state index contributed by atoms with van der Waals surface area (Å²) >= 11 is 0. The average molecular weight is 501 g/mol. The Morgan fingerprint density at radius 1 is 0.833 bits per heavy atom. The molecular formula is C27H21F6N3. The quantitative estimate of drug-likeness (QED) is 0.338. The van der Waals surface area contributed by atoms with Crippen LogP contribution in [0, 0.1) is 5.92 Å². The fraction of sp³-hybridized carbons (Fsp3) is 0.259. The zero-order chi connectivity index (χ0) is 25.5. The van der Waals surface area contributed by atoms with Crippen LogP contribution in [0.2, 0.25) is 0 Å². The van der Waals surface area contributed by atoms with Gasteiger partial charge in [0.25, 0.3) is 0 Å². The lowest BCUT2D eigenvalue weighted by atomic mass is 9.98. The van der Waals surface area contributed by atoms with E-state index in [1.54, 1.807) is 6.08 Å². The Bertz CT molecular complexity index is 1290. The Kier molecular flexibility index (Phi) is 6.10. The van der Waals surface area contributed by atoms with Crippen LogP contribution in [0.5, 0.6) is 0 Å². The molecule has 1 unspecified atom stereocenters. The normalized spacial score (nSPS) is 18.3. The Hall–Kier alpha value is -3.62. The van der Waals surface area contributed by atoms with E-state index in [2.05, 4.69) is 14.9 Å². The van der Waals surface area contributed by atoms with Gasteiger partial charge in [-0.15, -0.1) is 0 Å². The fourth-order valence-electron chi connectivity index (χ4n) is 4.15. The summed E-state index contributed by atoms with van der Waals surface area (Å²) in [5.41, 5.74) is -0.631. The molecule has 9 heteroatoms. The number of allylic oxidation sites excluding steroid dienone is 2. The lowest BCUT2D eigenvalue weighted by Crippen LogP contribution is -2.27. The SMILES string of the molecule is FC(F)(F)c1ccc(-c2cc(C(F)(F)F)nc(C3=CC(c4ccccc4)N(CC4CC4)C=C3)n2)cc1. The molecule has 186 valence electrons. The molecule has 0 bridgehead atoms. The van der Waals surface area contributed by atoms with Crippen LogP contribution in [0.25, 0.3) is 16.8 Å². The molecule has 0 amide bonds. The van der Waals surface area contributed by atoms with Gasteiger partial charge in [0.2, 0.25) is 0 Å². The van der Waals surface area contributed by atoms with Crippen molar-refractivity contribution in [1.82, 2.24) is 14.9 Å². The number of aromatic nitrogens is 2. The summed E-state index contributed by atoms with van der Waals surface area (Å²) in [6.07, 6.45) is -1.63. The number of hydrogen-bond acceptors (Lipinski definition) is 3. The second-order valence-corrected chi connectivity index (χ2v) is 8.97. The molecule has 36 heavy (non-hydrogen) atoms. The number of hydrogen-bond donors (Lipinski definition) is 0. The minimum Gasteiger partial charge on any atom is -0.367 e. The van der Waals surface area contributed by atoms with Crippen molar-refractivity contribution in [2.45, 2.75) is 31.2 Å². The molecule has 5 rings (SSSR count). The Morgan fingerprint density at radius 2 is 1.53 bits per heavy atom. The smallest absolute Gasteiger partial charge is 0.367 e. The third kappa shape index (κ3) is 5.29. The van der Waals surface area contributed by atoms with E-state index >= 15 is 0 Å². The number of alkyl halides is 6. The van der Waals surface area contributed by atoms with Gasteiger partial charge in [-0.25, -0.2) is 9.97 Å². The van der Waals surface area contributed by atoms with E-state index in [4.69, 9.17) is 0 Å². The summed E-state index contributed by atoms with van der Waals surface area (Å²) in [7, 11) is 0. The molecule has 3 nitrogen and oxygen atoms in total. The highest BCUT2D eigenvalue weighted by Gasteiger charge is 2.35. The van der Waals surface area contributed by atoms with Crippen LogP contribution in [0.3, 0.4) is 0 Å². The van der Waals surface area contributed by atoms with Crippen LogP contribution >= 0.6 is 0 Å². The van der Waals surface area contributed by atoms with Gasteiger partial charge < -0.3 is 4.90 Å². The molecule has 0 saturated heterocycles. The molecule has 1 aliphatic carbocycles. The maximum atomic E-state index is 13.7. The predicted octanol–water partition coefficient (Wildman–Crippen LogP) is 7.55. The van der Waals surface area contributed by atoms with Crippen LogP contribution in [-0.2, 0) is 12.4 Å². The van der Waals surface area contributed by atoms with Crippen molar-refractivity contribution in [3.05, 3.63) is 102 Å². The van der Waals surface area contributed by atoms with Gasteiger partial charge in [0, 0.05) is 23.9 Å². The molecule has 2 aromatic carbocycles. The summed E-state index contributed by atoms with van der Waals surface area (Å²) in [6, 6.07) is 14.0. The van der Waals surface area contributed by atoms with Crippen LogP contribution < -0.4 is 0 Å². The average Bonchev–Trinajstić information content (AvgIpc) is 3.68. The maximum Gasteiger partial charge on any atom is 0.433 e. The van der Waals surface area contributed by atoms with Gasteiger partial charge in [0.05, 0.1) is 17.3 Å². The second-order valence-electron chi connectivity index (χ2n) is 8.97. The topological polar surface area (TPSA) is 29.0 Å². The van der Waals surface area contributed by atoms with Crippen molar-refractivity contribution in [3.63, 3.8) is 0 Å². The van der Waals surface area contributed by atoms with E-state index in [9.17, 15) is 26.3 Å². The molecule has 1 aliphatic heterocycles. The monoisotopic (exact) mass is 501 g/mol. The number of rotatable bonds is 5. The van der Waals surface area contributed by atoms with E-state index in [1.165, 1.54) is 0 Å². The van der Waals surface area contributed by atoms with Crippen LogP contribution in [0.1, 0.15) is 41.5 Å². The lowest BCUT2D eigenvalue weighted by molar-refractivity contribution is -0.141. The van der Waals surface area contributed by atoms with Crippen molar-refractivity contribution in [1.29, 1.82) is 0 Å². The minimum atomic E-state index is -4.76. The third-order valence-corrected chi connectivity index (χ3v) is 6.23. The molecule has 0 radical (unpaired) electrons. The van der Waals surface area contributed by atoms with Gasteiger partial charge in [0.15, 0.2) is 5.82 Å². The first-order chi connectivity index (χ1) is 17.1. The summed E-state index contributed by atoms with van der Waals surface area (Å²) in [4.78, 5) is 10.3. The van der Waals surface area contributed by atoms with Gasteiger partial charge in [0.1, 0.15) is 5.69 Å². The van der Waals surface area contributed by atoms with E-state index in [-0.39, 0.29) is 23.1 Å². The van der Waals surface area contributed by atoms with Crippen LogP contribution in [-0.4, -0.2) is 21.4 Å². The number of halogens is 6. The zero-order valence-electron chi connectivity index (χ0n) is 18.9. The summed E-state index contributed by atoms with van der Waals surface area (Å²) in [5, 5.41) is 0. The first kappa shape index (κ1) is 24.1. The molecular weight excluding hydrogens is 480 g/mol. The third-order valence-electron chi connectivity index (χ3n) is 6.23. The Labute approximate surface area is 203 Å². The number of benzene rings is 2. The molecule has 1 saturated carbocycles. The Morgan fingerprint density at radius 3 is 2.14 bits per heavy atom. The van der Waals surface area contributed by atoms with Crippen molar-refractivity contribution < 1.29 is 26.3 Å².